The Hall–Kier alpha value is -4.06. The fraction of sp³-hybridized carbons (Fsp3) is 0.241. The second-order valence-electron chi connectivity index (χ2n) is 8.92. The van der Waals surface area contributed by atoms with Gasteiger partial charge in [0, 0.05) is 35.1 Å². The van der Waals surface area contributed by atoms with E-state index in [0.717, 1.165) is 22.0 Å². The van der Waals surface area contributed by atoms with Gasteiger partial charge in [-0.2, -0.15) is 0 Å². The largest absolute Gasteiger partial charge is 0.497 e. The minimum absolute atomic E-state index is 0.0404. The molecule has 1 aromatic heterocycles. The highest BCUT2D eigenvalue weighted by molar-refractivity contribution is 5.97. The topological polar surface area (TPSA) is 83.2 Å². The number of carbonyl (C=O) groups excluding carboxylic acids is 2. The Morgan fingerprint density at radius 2 is 1.60 bits per heavy atom. The van der Waals surface area contributed by atoms with Gasteiger partial charge in [0.05, 0.1) is 7.11 Å². The van der Waals surface area contributed by atoms with Crippen molar-refractivity contribution in [3.05, 3.63) is 102 Å². The summed E-state index contributed by atoms with van der Waals surface area (Å²) in [6.07, 6.45) is 2.01. The van der Waals surface area contributed by atoms with Crippen LogP contribution in [0.3, 0.4) is 0 Å². The molecular weight excluding hydrogens is 438 g/mol. The molecule has 0 fully saturated rings. The number of para-hydroxylation sites is 1. The van der Waals surface area contributed by atoms with Crippen LogP contribution in [0.5, 0.6) is 5.75 Å². The molecule has 0 aliphatic carbocycles. The summed E-state index contributed by atoms with van der Waals surface area (Å²) in [5.74, 6) is 0.0474. The number of rotatable bonds is 9. The average molecular weight is 470 g/mol. The smallest absolute Gasteiger partial charge is 0.251 e. The summed E-state index contributed by atoms with van der Waals surface area (Å²) in [5.41, 5.74) is 3.77. The number of carbonyl (C=O) groups is 2. The lowest BCUT2D eigenvalue weighted by molar-refractivity contribution is -0.123. The summed E-state index contributed by atoms with van der Waals surface area (Å²) in [7, 11) is 1.58. The van der Waals surface area contributed by atoms with Crippen molar-refractivity contribution in [2.24, 2.45) is 5.92 Å². The molecule has 0 radical (unpaired) electrons. The van der Waals surface area contributed by atoms with E-state index in [1.54, 1.807) is 31.4 Å². The van der Waals surface area contributed by atoms with Gasteiger partial charge >= 0.3 is 0 Å². The first kappa shape index (κ1) is 24.1. The molecule has 1 heterocycles. The molecule has 0 aliphatic rings. The van der Waals surface area contributed by atoms with Gasteiger partial charge in [0.25, 0.3) is 5.91 Å². The van der Waals surface area contributed by atoms with E-state index in [1.807, 2.05) is 56.4 Å². The second-order valence-corrected chi connectivity index (χ2v) is 8.92. The van der Waals surface area contributed by atoms with Gasteiger partial charge in [-0.15, -0.1) is 0 Å². The first-order chi connectivity index (χ1) is 17.0. The first-order valence-electron chi connectivity index (χ1n) is 11.8. The zero-order valence-electron chi connectivity index (χ0n) is 20.2. The van der Waals surface area contributed by atoms with Crippen molar-refractivity contribution in [2.45, 2.75) is 25.8 Å². The summed E-state index contributed by atoms with van der Waals surface area (Å²) in [6, 6.07) is 24.5. The van der Waals surface area contributed by atoms with E-state index in [2.05, 4.69) is 33.8 Å². The van der Waals surface area contributed by atoms with E-state index in [1.165, 1.54) is 0 Å². The summed E-state index contributed by atoms with van der Waals surface area (Å²) in [5, 5.41) is 7.13. The Kier molecular flexibility index (Phi) is 7.51. The van der Waals surface area contributed by atoms with Crippen molar-refractivity contribution in [3.8, 4) is 5.75 Å². The maximum Gasteiger partial charge on any atom is 0.251 e. The fourth-order valence-electron chi connectivity index (χ4n) is 4.29. The summed E-state index contributed by atoms with van der Waals surface area (Å²) in [4.78, 5) is 29.4. The minimum atomic E-state index is -0.663. The van der Waals surface area contributed by atoms with E-state index >= 15 is 0 Å². The van der Waals surface area contributed by atoms with Crippen LogP contribution in [-0.4, -0.2) is 36.5 Å². The number of aromatic nitrogens is 1. The van der Waals surface area contributed by atoms with Gasteiger partial charge in [-0.05, 0) is 47.4 Å². The molecular formula is C29H31N3O3. The van der Waals surface area contributed by atoms with Crippen molar-refractivity contribution < 1.29 is 14.3 Å². The molecule has 2 amide bonds. The lowest BCUT2D eigenvalue weighted by Crippen LogP contribution is -2.50. The number of amides is 2. The molecule has 2 unspecified atom stereocenters. The molecule has 4 aromatic rings. The monoisotopic (exact) mass is 469 g/mol. The third-order valence-electron chi connectivity index (χ3n) is 6.27. The first-order valence-corrected chi connectivity index (χ1v) is 11.8. The lowest BCUT2D eigenvalue weighted by Gasteiger charge is -2.24. The minimum Gasteiger partial charge on any atom is -0.497 e. The SMILES string of the molecule is COc1ccc(C(=O)NC(C(=O)NCC(c2ccccc2)c2c[nH]c3ccccc23)C(C)C)cc1. The third-order valence-corrected chi connectivity index (χ3v) is 6.27. The van der Waals surface area contributed by atoms with Crippen LogP contribution in [0.15, 0.2) is 85.1 Å². The third kappa shape index (κ3) is 5.54. The number of ether oxygens (including phenoxy) is 1. The molecule has 2 atom stereocenters. The number of H-pyrrole nitrogens is 1. The molecule has 180 valence electrons. The molecule has 6 heteroatoms. The van der Waals surface area contributed by atoms with Gasteiger partial charge in [-0.1, -0.05) is 62.4 Å². The van der Waals surface area contributed by atoms with Gasteiger partial charge in [0.15, 0.2) is 0 Å². The number of benzene rings is 3. The average Bonchev–Trinajstić information content (AvgIpc) is 3.31. The van der Waals surface area contributed by atoms with E-state index in [-0.39, 0.29) is 23.7 Å². The highest BCUT2D eigenvalue weighted by Crippen LogP contribution is 2.30. The summed E-state index contributed by atoms with van der Waals surface area (Å²) < 4.78 is 5.16. The Morgan fingerprint density at radius 3 is 2.29 bits per heavy atom. The molecule has 0 spiro atoms. The van der Waals surface area contributed by atoms with Gasteiger partial charge in [0.1, 0.15) is 11.8 Å². The van der Waals surface area contributed by atoms with Crippen LogP contribution in [0, 0.1) is 5.92 Å². The van der Waals surface area contributed by atoms with Gasteiger partial charge in [-0.25, -0.2) is 0 Å². The number of aromatic amines is 1. The lowest BCUT2D eigenvalue weighted by atomic mass is 9.90. The van der Waals surface area contributed by atoms with Crippen LogP contribution in [0.2, 0.25) is 0 Å². The van der Waals surface area contributed by atoms with Crippen LogP contribution in [0.1, 0.15) is 41.3 Å². The van der Waals surface area contributed by atoms with Crippen molar-refractivity contribution in [2.75, 3.05) is 13.7 Å². The Labute approximate surface area is 205 Å². The van der Waals surface area contributed by atoms with E-state index in [9.17, 15) is 9.59 Å². The van der Waals surface area contributed by atoms with E-state index in [4.69, 9.17) is 4.74 Å². The van der Waals surface area contributed by atoms with Crippen molar-refractivity contribution in [1.82, 2.24) is 15.6 Å². The highest BCUT2D eigenvalue weighted by atomic mass is 16.5. The molecule has 3 aromatic carbocycles. The van der Waals surface area contributed by atoms with E-state index < -0.39 is 6.04 Å². The van der Waals surface area contributed by atoms with Crippen LogP contribution in [-0.2, 0) is 4.79 Å². The van der Waals surface area contributed by atoms with Gasteiger partial charge in [-0.3, -0.25) is 9.59 Å². The maximum absolute atomic E-state index is 13.3. The number of methoxy groups -OCH3 is 1. The molecule has 0 saturated heterocycles. The molecule has 0 bridgehead atoms. The van der Waals surface area contributed by atoms with E-state index in [0.29, 0.717) is 17.9 Å². The van der Waals surface area contributed by atoms with Gasteiger partial charge in [0.2, 0.25) is 5.91 Å². The Balaban J connectivity index is 1.51. The molecule has 3 N–H and O–H groups in total. The fourth-order valence-corrected chi connectivity index (χ4v) is 4.29. The molecule has 35 heavy (non-hydrogen) atoms. The zero-order valence-corrected chi connectivity index (χ0v) is 20.2. The zero-order chi connectivity index (χ0) is 24.8. The number of hydrogen-bond acceptors (Lipinski definition) is 3. The quantitative estimate of drug-likeness (QED) is 0.327. The van der Waals surface area contributed by atoms with Crippen LogP contribution in [0.25, 0.3) is 10.9 Å². The molecule has 6 nitrogen and oxygen atoms in total. The Morgan fingerprint density at radius 1 is 0.914 bits per heavy atom. The number of nitrogens with one attached hydrogen (secondary N) is 3. The van der Waals surface area contributed by atoms with Crippen LogP contribution < -0.4 is 15.4 Å². The normalized spacial score (nSPS) is 12.8. The summed E-state index contributed by atoms with van der Waals surface area (Å²) in [6.45, 7) is 4.26. The maximum atomic E-state index is 13.3. The van der Waals surface area contributed by atoms with Gasteiger partial charge < -0.3 is 20.4 Å². The Bertz CT molecular complexity index is 1280. The predicted octanol–water partition coefficient (Wildman–Crippen LogP) is 4.88. The van der Waals surface area contributed by atoms with Crippen LogP contribution in [0.4, 0.5) is 0 Å². The predicted molar refractivity (Wildman–Crippen MR) is 139 cm³/mol. The standard InChI is InChI=1S/C29H31N3O3/c1-19(2)27(32-28(33)21-13-15-22(35-3)16-14-21)29(34)31-17-24(20-9-5-4-6-10-20)25-18-30-26-12-8-7-11-23(25)26/h4-16,18-19,24,27,30H,17H2,1-3H3,(H,31,34)(H,32,33). The van der Waals surface area contributed by atoms with Crippen molar-refractivity contribution in [1.29, 1.82) is 0 Å². The highest BCUT2D eigenvalue weighted by Gasteiger charge is 2.26. The number of hydrogen-bond donors (Lipinski definition) is 3. The molecule has 0 aliphatic heterocycles. The molecule has 4 rings (SSSR count). The van der Waals surface area contributed by atoms with Crippen molar-refractivity contribution in [3.63, 3.8) is 0 Å². The molecule has 0 saturated carbocycles. The second kappa shape index (κ2) is 10.9. The van der Waals surface area contributed by atoms with Crippen LogP contribution >= 0.6 is 0 Å². The van der Waals surface area contributed by atoms with Crippen molar-refractivity contribution >= 4 is 22.7 Å². The summed E-state index contributed by atoms with van der Waals surface area (Å²) >= 11 is 0. The number of fused-ring (bicyclic) bond motifs is 1.